The van der Waals surface area contributed by atoms with E-state index < -0.39 is 9.84 Å². The van der Waals surface area contributed by atoms with Gasteiger partial charge in [0.2, 0.25) is 0 Å². The van der Waals surface area contributed by atoms with Gasteiger partial charge < -0.3 is 4.74 Å². The molecule has 2 aromatic rings. The summed E-state index contributed by atoms with van der Waals surface area (Å²) in [5.41, 5.74) is 1.37. The number of hydrogen-bond donors (Lipinski definition) is 0. The van der Waals surface area contributed by atoms with Crippen molar-refractivity contribution < 1.29 is 17.9 Å². The van der Waals surface area contributed by atoms with Crippen LogP contribution in [0.4, 0.5) is 0 Å². The van der Waals surface area contributed by atoms with Crippen molar-refractivity contribution in [1.29, 1.82) is 0 Å². The molecule has 0 heterocycles. The van der Waals surface area contributed by atoms with Crippen LogP contribution in [0.2, 0.25) is 0 Å². The van der Waals surface area contributed by atoms with Crippen LogP contribution in [-0.4, -0.2) is 21.0 Å². The molecule has 2 rings (SSSR count). The van der Waals surface area contributed by atoms with Gasteiger partial charge in [-0.2, -0.15) is 0 Å². The van der Waals surface area contributed by atoms with Crippen LogP contribution < -0.4 is 4.74 Å². The largest absolute Gasteiger partial charge is 0.457 e. The van der Waals surface area contributed by atoms with Gasteiger partial charge >= 0.3 is 0 Å². The van der Waals surface area contributed by atoms with Crippen LogP contribution in [-0.2, 0) is 9.84 Å². The lowest BCUT2D eigenvalue weighted by atomic mass is 10.1. The van der Waals surface area contributed by atoms with Gasteiger partial charge in [0, 0.05) is 6.26 Å². The first kappa shape index (κ1) is 14.3. The summed E-state index contributed by atoms with van der Waals surface area (Å²) >= 11 is 0. The molecule has 2 aromatic carbocycles. The second-order valence-electron chi connectivity index (χ2n) is 4.51. The topological polar surface area (TPSA) is 60.4 Å². The normalized spacial score (nSPS) is 11.1. The first-order valence-corrected chi connectivity index (χ1v) is 7.83. The van der Waals surface area contributed by atoms with Gasteiger partial charge in [-0.05, 0) is 37.3 Å². The van der Waals surface area contributed by atoms with Gasteiger partial charge in [-0.15, -0.1) is 0 Å². The number of carbonyl (C=O) groups is 1. The fourth-order valence-electron chi connectivity index (χ4n) is 1.75. The minimum atomic E-state index is -3.29. The molecule has 0 fully saturated rings. The minimum absolute atomic E-state index is 0.176. The van der Waals surface area contributed by atoms with Crippen LogP contribution in [0.1, 0.15) is 15.9 Å². The Kier molecular flexibility index (Phi) is 3.90. The van der Waals surface area contributed by atoms with Crippen molar-refractivity contribution in [2.75, 3.05) is 6.26 Å². The van der Waals surface area contributed by atoms with Crippen molar-refractivity contribution >= 4 is 16.1 Å². The van der Waals surface area contributed by atoms with Crippen LogP contribution in [0.15, 0.2) is 47.4 Å². The number of aldehydes is 1. The lowest BCUT2D eigenvalue weighted by Crippen LogP contribution is -1.97. The van der Waals surface area contributed by atoms with Gasteiger partial charge in [-0.3, -0.25) is 4.79 Å². The third-order valence-corrected chi connectivity index (χ3v) is 3.86. The molecule has 0 N–H and O–H groups in total. The van der Waals surface area contributed by atoms with Crippen molar-refractivity contribution in [2.24, 2.45) is 0 Å². The van der Waals surface area contributed by atoms with Crippen molar-refractivity contribution in [3.8, 4) is 11.5 Å². The molecule has 0 unspecified atom stereocenters. The van der Waals surface area contributed by atoms with Gasteiger partial charge in [0.1, 0.15) is 11.5 Å². The predicted octanol–water partition coefficient (Wildman–Crippen LogP) is 3.00. The third kappa shape index (κ3) is 3.24. The van der Waals surface area contributed by atoms with E-state index in [1.165, 1.54) is 12.1 Å². The van der Waals surface area contributed by atoms with E-state index in [1.807, 2.05) is 13.0 Å². The maximum atomic E-state index is 11.5. The summed E-state index contributed by atoms with van der Waals surface area (Å²) in [4.78, 5) is 11.2. The summed E-state index contributed by atoms with van der Waals surface area (Å²) in [6.07, 6.45) is 1.84. The molecule has 0 aliphatic carbocycles. The Morgan fingerprint density at radius 3 is 2.50 bits per heavy atom. The highest BCUT2D eigenvalue weighted by Gasteiger charge is 2.10. The molecule has 4 nitrogen and oxygen atoms in total. The summed E-state index contributed by atoms with van der Waals surface area (Å²) < 4.78 is 28.6. The van der Waals surface area contributed by atoms with Crippen molar-refractivity contribution in [2.45, 2.75) is 11.8 Å². The Bertz CT molecular complexity index is 748. The quantitative estimate of drug-likeness (QED) is 0.812. The molecule has 0 radical (unpaired) electrons. The van der Waals surface area contributed by atoms with E-state index >= 15 is 0 Å². The molecule has 0 aromatic heterocycles. The lowest BCUT2D eigenvalue weighted by molar-refractivity contribution is 0.112. The maximum Gasteiger partial charge on any atom is 0.175 e. The second kappa shape index (κ2) is 5.46. The molecule has 0 aliphatic rings. The fourth-order valence-corrected chi connectivity index (χ4v) is 2.40. The minimum Gasteiger partial charge on any atom is -0.457 e. The highest BCUT2D eigenvalue weighted by Crippen LogP contribution is 2.26. The number of hydrogen-bond acceptors (Lipinski definition) is 4. The van der Waals surface area contributed by atoms with E-state index in [4.69, 9.17) is 4.74 Å². The van der Waals surface area contributed by atoms with Gasteiger partial charge in [0.25, 0.3) is 0 Å². The zero-order chi connectivity index (χ0) is 14.8. The number of carbonyl (C=O) groups excluding carboxylic acids is 1. The van der Waals surface area contributed by atoms with Crippen LogP contribution >= 0.6 is 0 Å². The molecule has 0 saturated heterocycles. The van der Waals surface area contributed by atoms with Crippen molar-refractivity contribution in [1.82, 2.24) is 0 Å². The first-order chi connectivity index (χ1) is 9.40. The number of rotatable bonds is 4. The third-order valence-electron chi connectivity index (χ3n) is 2.75. The van der Waals surface area contributed by atoms with Gasteiger partial charge in [-0.1, -0.05) is 17.7 Å². The Morgan fingerprint density at radius 2 is 1.85 bits per heavy atom. The fraction of sp³-hybridized carbons (Fsp3) is 0.133. The number of ether oxygens (including phenoxy) is 1. The van der Waals surface area contributed by atoms with E-state index in [1.54, 1.807) is 24.3 Å². The summed E-state index contributed by atoms with van der Waals surface area (Å²) in [6, 6.07) is 11.4. The molecule has 20 heavy (non-hydrogen) atoms. The lowest BCUT2D eigenvalue weighted by Gasteiger charge is -2.09. The summed E-state index contributed by atoms with van der Waals surface area (Å²) in [5, 5.41) is 0. The van der Waals surface area contributed by atoms with E-state index in [9.17, 15) is 13.2 Å². The second-order valence-corrected chi connectivity index (χ2v) is 6.52. The smallest absolute Gasteiger partial charge is 0.175 e. The molecule has 0 bridgehead atoms. The highest BCUT2D eigenvalue weighted by molar-refractivity contribution is 7.90. The number of benzene rings is 2. The standard InChI is InChI=1S/C15H14O4S/c1-11-6-7-15(12(8-11)10-16)19-13-4-3-5-14(9-13)20(2,17)18/h3-10H,1-2H3. The summed E-state index contributed by atoms with van der Waals surface area (Å²) in [5.74, 6) is 0.774. The molecular weight excluding hydrogens is 276 g/mol. The summed E-state index contributed by atoms with van der Waals surface area (Å²) in [7, 11) is -3.29. The van der Waals surface area contributed by atoms with Crippen molar-refractivity contribution in [3.05, 3.63) is 53.6 Å². The van der Waals surface area contributed by atoms with Crippen LogP contribution in [0.25, 0.3) is 0 Å². The summed E-state index contributed by atoms with van der Waals surface area (Å²) in [6.45, 7) is 1.88. The molecule has 0 saturated carbocycles. The van der Waals surface area contributed by atoms with Gasteiger partial charge in [-0.25, -0.2) is 8.42 Å². The van der Waals surface area contributed by atoms with Crippen LogP contribution in [0.3, 0.4) is 0 Å². The van der Waals surface area contributed by atoms with Gasteiger partial charge in [0.15, 0.2) is 16.1 Å². The average Bonchev–Trinajstić information content (AvgIpc) is 2.40. The zero-order valence-corrected chi connectivity index (χ0v) is 12.0. The Labute approximate surface area is 117 Å². The molecule has 0 amide bonds. The molecule has 5 heteroatoms. The molecule has 0 spiro atoms. The molecule has 0 aliphatic heterocycles. The molecule has 104 valence electrons. The maximum absolute atomic E-state index is 11.5. The average molecular weight is 290 g/mol. The molecular formula is C15H14O4S. The van der Waals surface area contributed by atoms with Crippen LogP contribution in [0, 0.1) is 6.92 Å². The Hall–Kier alpha value is -2.14. The predicted molar refractivity (Wildman–Crippen MR) is 76.2 cm³/mol. The highest BCUT2D eigenvalue weighted by atomic mass is 32.2. The number of sulfone groups is 1. The van der Waals surface area contributed by atoms with E-state index in [0.29, 0.717) is 23.3 Å². The molecule has 0 atom stereocenters. The first-order valence-electron chi connectivity index (χ1n) is 5.94. The number of aryl methyl sites for hydroxylation is 1. The van der Waals surface area contributed by atoms with E-state index in [2.05, 4.69) is 0 Å². The SMILES string of the molecule is Cc1ccc(Oc2cccc(S(C)(=O)=O)c2)c(C=O)c1. The van der Waals surface area contributed by atoms with E-state index in [-0.39, 0.29) is 4.90 Å². The zero-order valence-electron chi connectivity index (χ0n) is 11.2. The van der Waals surface area contributed by atoms with Crippen molar-refractivity contribution in [3.63, 3.8) is 0 Å². The monoisotopic (exact) mass is 290 g/mol. The van der Waals surface area contributed by atoms with E-state index in [0.717, 1.165) is 11.8 Å². The van der Waals surface area contributed by atoms with Gasteiger partial charge in [0.05, 0.1) is 10.5 Å². The van der Waals surface area contributed by atoms with Crippen LogP contribution in [0.5, 0.6) is 11.5 Å². The Balaban J connectivity index is 2.38. The Morgan fingerprint density at radius 1 is 1.10 bits per heavy atom.